The summed E-state index contributed by atoms with van der Waals surface area (Å²) in [5, 5.41) is 3.01. The average molecular weight is 328 g/mol. The van der Waals surface area contributed by atoms with E-state index in [1.54, 1.807) is 12.1 Å². The fourth-order valence-electron chi connectivity index (χ4n) is 2.39. The van der Waals surface area contributed by atoms with Gasteiger partial charge in [0.1, 0.15) is 5.82 Å². The third-order valence-corrected chi connectivity index (χ3v) is 3.99. The van der Waals surface area contributed by atoms with Crippen LogP contribution in [0, 0.1) is 25.6 Å². The first-order valence-electron chi connectivity index (χ1n) is 8.09. The van der Waals surface area contributed by atoms with Gasteiger partial charge in [-0.1, -0.05) is 12.1 Å². The van der Waals surface area contributed by atoms with Crippen molar-refractivity contribution in [1.82, 2.24) is 5.48 Å². The monoisotopic (exact) mass is 328 g/mol. The molecule has 5 heteroatoms. The molecule has 0 spiro atoms. The molecule has 126 valence electrons. The Morgan fingerprint density at radius 2 is 1.83 bits per heavy atom. The van der Waals surface area contributed by atoms with Crippen LogP contribution in [0.1, 0.15) is 34.3 Å². The van der Waals surface area contributed by atoms with E-state index in [2.05, 4.69) is 10.8 Å². The summed E-state index contributed by atoms with van der Waals surface area (Å²) in [6, 6.07) is 10.3. The van der Waals surface area contributed by atoms with Crippen molar-refractivity contribution in [3.8, 4) is 0 Å². The molecule has 0 aliphatic heterocycles. The molecule has 0 bridgehead atoms. The Morgan fingerprint density at radius 3 is 2.54 bits per heavy atom. The Morgan fingerprint density at radius 1 is 1.12 bits per heavy atom. The predicted octanol–water partition coefficient (Wildman–Crippen LogP) is 4.26. The molecule has 0 saturated heterocycles. The highest BCUT2D eigenvalue weighted by Gasteiger charge is 2.22. The lowest BCUT2D eigenvalue weighted by molar-refractivity contribution is 0.0271. The van der Waals surface area contributed by atoms with Gasteiger partial charge in [-0.3, -0.25) is 9.63 Å². The van der Waals surface area contributed by atoms with Crippen molar-refractivity contribution in [2.75, 3.05) is 11.9 Å². The molecule has 1 saturated carbocycles. The van der Waals surface area contributed by atoms with E-state index < -0.39 is 0 Å². The molecule has 0 heterocycles. The Bertz CT molecular complexity index is 757. The SMILES string of the molecule is Cc1ccc(Nc2cc(C)ccc2C(=O)NOCC2CC2)c(F)c1. The number of anilines is 2. The van der Waals surface area contributed by atoms with Crippen LogP contribution in [0.15, 0.2) is 36.4 Å². The molecule has 0 aromatic heterocycles. The number of nitrogens with one attached hydrogen (secondary N) is 2. The quantitative estimate of drug-likeness (QED) is 0.779. The Kier molecular flexibility index (Phi) is 4.81. The summed E-state index contributed by atoms with van der Waals surface area (Å²) in [4.78, 5) is 17.6. The molecule has 2 aromatic rings. The number of rotatable bonds is 6. The van der Waals surface area contributed by atoms with Crippen molar-refractivity contribution in [3.63, 3.8) is 0 Å². The molecule has 0 radical (unpaired) electrons. The van der Waals surface area contributed by atoms with Crippen LogP contribution in [-0.2, 0) is 4.84 Å². The smallest absolute Gasteiger partial charge is 0.276 e. The summed E-state index contributed by atoms with van der Waals surface area (Å²) in [6.07, 6.45) is 2.31. The van der Waals surface area contributed by atoms with Crippen molar-refractivity contribution in [3.05, 3.63) is 58.9 Å². The Labute approximate surface area is 141 Å². The number of aryl methyl sites for hydroxylation is 2. The molecule has 24 heavy (non-hydrogen) atoms. The maximum atomic E-state index is 14.1. The summed E-state index contributed by atoms with van der Waals surface area (Å²) in [7, 11) is 0. The van der Waals surface area contributed by atoms with Crippen LogP contribution in [0.4, 0.5) is 15.8 Å². The standard InChI is InChI=1S/C19H21FN2O2/c1-12-4-8-17(16(20)9-12)21-18-10-13(2)3-7-15(18)19(23)22-24-11-14-5-6-14/h3-4,7-10,14,21H,5-6,11H2,1-2H3,(H,22,23). The highest BCUT2D eigenvalue weighted by Crippen LogP contribution is 2.29. The number of benzene rings is 2. The van der Waals surface area contributed by atoms with Crippen molar-refractivity contribution in [2.45, 2.75) is 26.7 Å². The molecule has 2 N–H and O–H groups in total. The third kappa shape index (κ3) is 4.11. The predicted molar refractivity (Wildman–Crippen MR) is 91.7 cm³/mol. The van der Waals surface area contributed by atoms with E-state index in [0.29, 0.717) is 29.5 Å². The second-order valence-electron chi connectivity index (χ2n) is 6.34. The van der Waals surface area contributed by atoms with Crippen LogP contribution in [0.5, 0.6) is 0 Å². The highest BCUT2D eigenvalue weighted by molar-refractivity contribution is 5.99. The molecule has 4 nitrogen and oxygen atoms in total. The fourth-order valence-corrected chi connectivity index (χ4v) is 2.39. The summed E-state index contributed by atoms with van der Waals surface area (Å²) < 4.78 is 14.1. The summed E-state index contributed by atoms with van der Waals surface area (Å²) in [5.41, 5.74) is 5.57. The van der Waals surface area contributed by atoms with Crippen LogP contribution < -0.4 is 10.8 Å². The lowest BCUT2D eigenvalue weighted by Crippen LogP contribution is -2.25. The van der Waals surface area contributed by atoms with Gasteiger partial charge in [-0.2, -0.15) is 0 Å². The van der Waals surface area contributed by atoms with Crippen molar-refractivity contribution in [2.24, 2.45) is 5.92 Å². The molecular formula is C19H21FN2O2. The van der Waals surface area contributed by atoms with Crippen molar-refractivity contribution in [1.29, 1.82) is 0 Å². The van der Waals surface area contributed by atoms with Crippen molar-refractivity contribution < 1.29 is 14.0 Å². The summed E-state index contributed by atoms with van der Waals surface area (Å²) in [5.74, 6) is -0.138. The minimum Gasteiger partial charge on any atom is -0.352 e. The maximum absolute atomic E-state index is 14.1. The van der Waals surface area contributed by atoms with Crippen molar-refractivity contribution >= 4 is 17.3 Å². The van der Waals surface area contributed by atoms with Crippen LogP contribution >= 0.6 is 0 Å². The normalized spacial score (nSPS) is 13.6. The molecular weight excluding hydrogens is 307 g/mol. The van der Waals surface area contributed by atoms with Gasteiger partial charge in [0.25, 0.3) is 5.91 Å². The van der Waals surface area contributed by atoms with E-state index in [1.807, 2.05) is 32.0 Å². The van der Waals surface area contributed by atoms with Gasteiger partial charge in [-0.05, 0) is 68.0 Å². The lowest BCUT2D eigenvalue weighted by atomic mass is 10.1. The van der Waals surface area contributed by atoms with Gasteiger partial charge in [0.05, 0.1) is 23.5 Å². The number of hydrogen-bond acceptors (Lipinski definition) is 3. The van der Waals surface area contributed by atoms with Gasteiger partial charge in [-0.15, -0.1) is 0 Å². The second kappa shape index (κ2) is 7.01. The molecule has 0 unspecified atom stereocenters. The van der Waals surface area contributed by atoms with E-state index in [4.69, 9.17) is 4.84 Å². The van der Waals surface area contributed by atoms with E-state index in [9.17, 15) is 9.18 Å². The topological polar surface area (TPSA) is 50.4 Å². The fraction of sp³-hybridized carbons (Fsp3) is 0.316. The number of hydroxylamine groups is 1. The highest BCUT2D eigenvalue weighted by atomic mass is 19.1. The molecule has 3 rings (SSSR count). The van der Waals surface area contributed by atoms with E-state index in [0.717, 1.165) is 24.0 Å². The van der Waals surface area contributed by atoms with Gasteiger partial charge < -0.3 is 5.32 Å². The minimum absolute atomic E-state index is 0.333. The first kappa shape index (κ1) is 16.5. The van der Waals surface area contributed by atoms with Gasteiger partial charge in [-0.25, -0.2) is 9.87 Å². The second-order valence-corrected chi connectivity index (χ2v) is 6.34. The Hall–Kier alpha value is -2.40. The van der Waals surface area contributed by atoms with Crippen LogP contribution in [0.25, 0.3) is 0 Å². The molecule has 2 aromatic carbocycles. The van der Waals surface area contributed by atoms with Crippen LogP contribution in [0.3, 0.4) is 0 Å². The largest absolute Gasteiger partial charge is 0.352 e. The number of amides is 1. The zero-order chi connectivity index (χ0) is 17.1. The molecule has 1 aliphatic carbocycles. The zero-order valence-electron chi connectivity index (χ0n) is 13.9. The number of halogens is 1. The number of carbonyl (C=O) groups excluding carboxylic acids is 1. The van der Waals surface area contributed by atoms with E-state index in [1.165, 1.54) is 6.07 Å². The lowest BCUT2D eigenvalue weighted by Gasteiger charge is -2.14. The molecule has 0 atom stereocenters. The first-order valence-corrected chi connectivity index (χ1v) is 8.09. The molecule has 1 fully saturated rings. The Balaban J connectivity index is 1.77. The third-order valence-electron chi connectivity index (χ3n) is 3.99. The first-order chi connectivity index (χ1) is 11.5. The number of carbonyl (C=O) groups is 1. The summed E-state index contributed by atoms with van der Waals surface area (Å²) >= 11 is 0. The van der Waals surface area contributed by atoms with Gasteiger partial charge in [0.2, 0.25) is 0 Å². The van der Waals surface area contributed by atoms with Gasteiger partial charge >= 0.3 is 0 Å². The maximum Gasteiger partial charge on any atom is 0.276 e. The summed E-state index contributed by atoms with van der Waals surface area (Å²) in [6.45, 7) is 4.28. The molecule has 1 aliphatic rings. The van der Waals surface area contributed by atoms with Crippen LogP contribution in [-0.4, -0.2) is 12.5 Å². The van der Waals surface area contributed by atoms with Crippen LogP contribution in [0.2, 0.25) is 0 Å². The molecule has 1 amide bonds. The van der Waals surface area contributed by atoms with E-state index in [-0.39, 0.29) is 11.7 Å². The zero-order valence-corrected chi connectivity index (χ0v) is 13.9. The average Bonchev–Trinajstić information content (AvgIpc) is 3.34. The van der Waals surface area contributed by atoms with E-state index >= 15 is 0 Å². The minimum atomic E-state index is -0.354. The van der Waals surface area contributed by atoms with Gasteiger partial charge in [0.15, 0.2) is 0 Å². The van der Waals surface area contributed by atoms with Gasteiger partial charge in [0, 0.05) is 0 Å². The number of hydrogen-bond donors (Lipinski definition) is 2.